The van der Waals surface area contributed by atoms with E-state index in [0.29, 0.717) is 16.9 Å². The third kappa shape index (κ3) is 2.99. The van der Waals surface area contributed by atoms with Crippen LogP contribution in [0.4, 0.5) is 11.4 Å². The molecule has 1 heterocycles. The number of nitrogens with one attached hydrogen (secondary N) is 1. The monoisotopic (exact) mass is 548 g/mol. The highest BCUT2D eigenvalue weighted by Gasteiger charge is 2.67. The van der Waals surface area contributed by atoms with Gasteiger partial charge >= 0.3 is 0 Å². The maximum atomic E-state index is 14.1. The second-order valence-electron chi connectivity index (χ2n) is 9.75. The van der Waals surface area contributed by atoms with E-state index in [0.717, 1.165) is 22.3 Å². The van der Waals surface area contributed by atoms with E-state index in [4.69, 9.17) is 0 Å². The standard InChI is InChI=1S/C31H21BrN2O3/c32-31-23-15-6-4-13-21(23)25(22-14-5-7-16-24(22)31)26-27(31)30(37)34(29(26)36)20-12-8-9-18(17-20)28(35)33-19-10-2-1-3-11-19/h1-17,25-27H,(H,33,35)/t25?,26-,27-,31?/m1/s1. The van der Waals surface area contributed by atoms with Gasteiger partial charge in [0.1, 0.15) is 0 Å². The molecular formula is C31H21BrN2O3. The van der Waals surface area contributed by atoms with Gasteiger partial charge in [0.25, 0.3) is 5.91 Å². The molecule has 0 radical (unpaired) electrons. The smallest absolute Gasteiger partial charge is 0.255 e. The maximum absolute atomic E-state index is 14.1. The van der Waals surface area contributed by atoms with E-state index in [2.05, 4.69) is 45.5 Å². The lowest BCUT2D eigenvalue weighted by Crippen LogP contribution is -2.50. The minimum absolute atomic E-state index is 0.206. The molecule has 1 N–H and O–H groups in total. The average molecular weight is 549 g/mol. The van der Waals surface area contributed by atoms with Crippen molar-refractivity contribution < 1.29 is 14.4 Å². The second kappa shape index (κ2) is 7.98. The van der Waals surface area contributed by atoms with Gasteiger partial charge in [0, 0.05) is 17.2 Å². The van der Waals surface area contributed by atoms with E-state index >= 15 is 0 Å². The summed E-state index contributed by atoms with van der Waals surface area (Å²) in [7, 11) is 0. The molecule has 0 unspecified atom stereocenters. The lowest BCUT2D eigenvalue weighted by molar-refractivity contribution is -0.122. The number of alkyl halides is 1. The molecule has 4 aromatic rings. The molecule has 1 saturated heterocycles. The lowest BCUT2D eigenvalue weighted by atomic mass is 9.55. The van der Waals surface area contributed by atoms with Crippen molar-refractivity contribution in [2.24, 2.45) is 11.8 Å². The summed E-state index contributed by atoms with van der Waals surface area (Å²) in [4.78, 5) is 42.4. The Morgan fingerprint density at radius 1 is 0.757 bits per heavy atom. The summed E-state index contributed by atoms with van der Waals surface area (Å²) in [6.45, 7) is 0. The van der Waals surface area contributed by atoms with Crippen LogP contribution in [0.25, 0.3) is 0 Å². The molecule has 4 aromatic carbocycles. The first-order chi connectivity index (χ1) is 18.0. The Kier molecular flexibility index (Phi) is 4.79. The highest BCUT2D eigenvalue weighted by molar-refractivity contribution is 9.09. The molecular weight excluding hydrogens is 528 g/mol. The summed E-state index contributed by atoms with van der Waals surface area (Å²) in [6, 6.07) is 32.1. The van der Waals surface area contributed by atoms with Crippen LogP contribution >= 0.6 is 15.9 Å². The molecule has 0 aromatic heterocycles. The SMILES string of the molecule is O=C(Nc1ccccc1)c1cccc(N2C(=O)[C@@H]3C4c5ccccc5C(Br)(c5ccccc54)[C@H]3C2=O)c1. The van der Waals surface area contributed by atoms with Gasteiger partial charge in [0.15, 0.2) is 0 Å². The summed E-state index contributed by atoms with van der Waals surface area (Å²) in [5, 5.41) is 2.87. The zero-order valence-electron chi connectivity index (χ0n) is 19.6. The Morgan fingerprint density at radius 2 is 1.38 bits per heavy atom. The topological polar surface area (TPSA) is 66.5 Å². The zero-order valence-corrected chi connectivity index (χ0v) is 21.2. The molecule has 0 spiro atoms. The number of anilines is 2. The third-order valence-corrected chi connectivity index (χ3v) is 9.26. The number of nitrogens with zero attached hydrogens (tertiary/aromatic N) is 1. The number of hydrogen-bond donors (Lipinski definition) is 1. The van der Waals surface area contributed by atoms with Crippen molar-refractivity contribution in [2.45, 2.75) is 10.2 Å². The number of imide groups is 1. The van der Waals surface area contributed by atoms with Crippen molar-refractivity contribution in [1.29, 1.82) is 0 Å². The predicted molar refractivity (Wildman–Crippen MR) is 145 cm³/mol. The number of carbonyl (C=O) groups is 3. The highest BCUT2D eigenvalue weighted by Crippen LogP contribution is 2.66. The molecule has 1 fully saturated rings. The number of carbonyl (C=O) groups excluding carboxylic acids is 3. The van der Waals surface area contributed by atoms with Crippen molar-refractivity contribution in [1.82, 2.24) is 0 Å². The zero-order chi connectivity index (χ0) is 25.3. The van der Waals surface area contributed by atoms with Crippen LogP contribution in [0.2, 0.25) is 0 Å². The quantitative estimate of drug-likeness (QED) is 0.258. The van der Waals surface area contributed by atoms with Crippen molar-refractivity contribution in [3.8, 4) is 0 Å². The van der Waals surface area contributed by atoms with Gasteiger partial charge in [0.05, 0.1) is 21.8 Å². The Balaban J connectivity index is 1.31. The van der Waals surface area contributed by atoms with Crippen molar-refractivity contribution >= 4 is 45.0 Å². The molecule has 4 aliphatic rings. The van der Waals surface area contributed by atoms with E-state index in [9.17, 15) is 14.4 Å². The second-order valence-corrected chi connectivity index (χ2v) is 11.0. The molecule has 0 saturated carbocycles. The first kappa shape index (κ1) is 22.2. The Labute approximate surface area is 222 Å². The fourth-order valence-corrected chi connectivity index (χ4v) is 7.65. The van der Waals surface area contributed by atoms with Gasteiger partial charge in [0.2, 0.25) is 11.8 Å². The van der Waals surface area contributed by atoms with Gasteiger partial charge in [-0.25, -0.2) is 4.90 Å². The Bertz CT molecular complexity index is 1570. The number of benzene rings is 4. The van der Waals surface area contributed by atoms with Crippen molar-refractivity contribution in [3.05, 3.63) is 131 Å². The number of amides is 3. The predicted octanol–water partition coefficient (Wildman–Crippen LogP) is 5.84. The van der Waals surface area contributed by atoms with Crippen LogP contribution in [0.15, 0.2) is 103 Å². The van der Waals surface area contributed by atoms with Crippen LogP contribution < -0.4 is 10.2 Å². The fourth-order valence-electron chi connectivity index (χ4n) is 6.44. The first-order valence-electron chi connectivity index (χ1n) is 12.2. The van der Waals surface area contributed by atoms with Crippen molar-refractivity contribution in [3.63, 3.8) is 0 Å². The highest BCUT2D eigenvalue weighted by atomic mass is 79.9. The first-order valence-corrected chi connectivity index (χ1v) is 13.0. The Hall–Kier alpha value is -4.03. The van der Waals surface area contributed by atoms with Crippen LogP contribution in [0.5, 0.6) is 0 Å². The molecule has 3 aliphatic carbocycles. The minimum Gasteiger partial charge on any atom is -0.322 e. The lowest BCUT2D eigenvalue weighted by Gasteiger charge is -2.51. The summed E-state index contributed by atoms with van der Waals surface area (Å²) < 4.78 is -0.802. The molecule has 3 amide bonds. The van der Waals surface area contributed by atoms with E-state index in [1.807, 2.05) is 42.5 Å². The van der Waals surface area contributed by atoms with E-state index in [1.54, 1.807) is 36.4 Å². The molecule has 8 rings (SSSR count). The van der Waals surface area contributed by atoms with Gasteiger partial charge in [-0.05, 0) is 52.6 Å². The molecule has 6 heteroatoms. The van der Waals surface area contributed by atoms with Crippen molar-refractivity contribution in [2.75, 3.05) is 10.2 Å². The van der Waals surface area contributed by atoms with Gasteiger partial charge in [-0.15, -0.1) is 0 Å². The maximum Gasteiger partial charge on any atom is 0.255 e. The van der Waals surface area contributed by atoms with E-state index in [1.165, 1.54) is 4.90 Å². The van der Waals surface area contributed by atoms with Gasteiger partial charge in [-0.3, -0.25) is 14.4 Å². The molecule has 5 nitrogen and oxygen atoms in total. The van der Waals surface area contributed by atoms with Crippen LogP contribution in [0.3, 0.4) is 0 Å². The molecule has 37 heavy (non-hydrogen) atoms. The summed E-state index contributed by atoms with van der Waals surface area (Å²) in [5.41, 5.74) is 5.70. The summed E-state index contributed by atoms with van der Waals surface area (Å²) in [6.07, 6.45) is 0. The Morgan fingerprint density at radius 3 is 2.05 bits per heavy atom. The number of para-hydroxylation sites is 1. The minimum atomic E-state index is -0.802. The fraction of sp³-hybridized carbons (Fsp3) is 0.129. The largest absolute Gasteiger partial charge is 0.322 e. The van der Waals surface area contributed by atoms with Gasteiger partial charge in [-0.1, -0.05) is 88.7 Å². The third-order valence-electron chi connectivity index (χ3n) is 7.91. The number of rotatable bonds is 3. The summed E-state index contributed by atoms with van der Waals surface area (Å²) >= 11 is 4.02. The van der Waals surface area contributed by atoms with Gasteiger partial charge < -0.3 is 5.32 Å². The van der Waals surface area contributed by atoms with Crippen LogP contribution in [-0.4, -0.2) is 17.7 Å². The normalized spacial score (nSPS) is 24.9. The van der Waals surface area contributed by atoms with E-state index < -0.39 is 16.2 Å². The van der Waals surface area contributed by atoms with Crippen LogP contribution in [0, 0.1) is 11.8 Å². The van der Waals surface area contributed by atoms with Gasteiger partial charge in [-0.2, -0.15) is 0 Å². The molecule has 2 bridgehead atoms. The number of halogens is 1. The van der Waals surface area contributed by atoms with E-state index in [-0.39, 0.29) is 23.6 Å². The number of hydrogen-bond acceptors (Lipinski definition) is 3. The van der Waals surface area contributed by atoms with Crippen LogP contribution in [0.1, 0.15) is 38.5 Å². The summed E-state index contributed by atoms with van der Waals surface area (Å²) in [5.74, 6) is -2.10. The van der Waals surface area contributed by atoms with Crippen LogP contribution in [-0.2, 0) is 13.9 Å². The average Bonchev–Trinajstić information content (AvgIpc) is 3.20. The molecule has 2 atom stereocenters. The molecule has 1 aliphatic heterocycles. The molecule has 180 valence electrons.